The molecule has 2 heterocycles. The van der Waals surface area contributed by atoms with Gasteiger partial charge in [-0.05, 0) is 43.7 Å². The van der Waals surface area contributed by atoms with E-state index in [4.69, 9.17) is 0 Å². The van der Waals surface area contributed by atoms with E-state index >= 15 is 0 Å². The summed E-state index contributed by atoms with van der Waals surface area (Å²) in [6.07, 6.45) is 6.88. The lowest BCUT2D eigenvalue weighted by Crippen LogP contribution is -2.53. The summed E-state index contributed by atoms with van der Waals surface area (Å²) in [6.45, 7) is 0.624. The van der Waals surface area contributed by atoms with Gasteiger partial charge in [0.25, 0.3) is 11.8 Å². The van der Waals surface area contributed by atoms with Crippen molar-refractivity contribution in [2.45, 2.75) is 44.6 Å². The number of hydrogen-bond donors (Lipinski definition) is 0. The summed E-state index contributed by atoms with van der Waals surface area (Å²) < 4.78 is 0. The smallest absolute Gasteiger partial charge is 0.262 e. The zero-order valence-electron chi connectivity index (χ0n) is 13.7. The molecule has 1 aliphatic carbocycles. The lowest BCUT2D eigenvalue weighted by molar-refractivity contribution is -0.137. The van der Waals surface area contributed by atoms with Gasteiger partial charge >= 0.3 is 0 Å². The molecule has 1 saturated carbocycles. The molecule has 1 saturated heterocycles. The Bertz CT molecular complexity index is 663. The normalized spacial score (nSPS) is 26.3. The molecule has 0 spiro atoms. The summed E-state index contributed by atoms with van der Waals surface area (Å²) in [4.78, 5) is 40.8. The van der Waals surface area contributed by atoms with E-state index < -0.39 is 0 Å². The Morgan fingerprint density at radius 3 is 2.29 bits per heavy atom. The molecule has 3 amide bonds. The fraction of sp³-hybridized carbons (Fsp3) is 0.526. The average Bonchev–Trinajstić information content (AvgIpc) is 2.86. The first-order chi connectivity index (χ1) is 11.7. The van der Waals surface area contributed by atoms with E-state index in [1.54, 1.807) is 24.3 Å². The fourth-order valence-corrected chi connectivity index (χ4v) is 4.54. The first-order valence-electron chi connectivity index (χ1n) is 8.91. The molecular weight excluding hydrogens is 304 g/mol. The highest BCUT2D eigenvalue weighted by molar-refractivity contribution is 6.22. The van der Waals surface area contributed by atoms with Crippen molar-refractivity contribution in [1.82, 2.24) is 9.80 Å². The predicted molar refractivity (Wildman–Crippen MR) is 88.5 cm³/mol. The van der Waals surface area contributed by atoms with Crippen molar-refractivity contribution < 1.29 is 14.4 Å². The molecule has 1 aromatic carbocycles. The number of carbonyl (C=O) groups excluding carboxylic acids is 3. The molecule has 0 radical (unpaired) electrons. The van der Waals surface area contributed by atoms with Crippen molar-refractivity contribution in [3.63, 3.8) is 0 Å². The molecule has 2 atom stereocenters. The quantitative estimate of drug-likeness (QED) is 0.785. The van der Waals surface area contributed by atoms with Crippen LogP contribution in [0.3, 0.4) is 0 Å². The number of hydrogen-bond acceptors (Lipinski definition) is 3. The van der Waals surface area contributed by atoms with Crippen LogP contribution in [0, 0.1) is 5.92 Å². The van der Waals surface area contributed by atoms with E-state index in [-0.39, 0.29) is 24.3 Å². The van der Waals surface area contributed by atoms with Crippen molar-refractivity contribution in [2.75, 3.05) is 13.1 Å². The van der Waals surface area contributed by atoms with Crippen molar-refractivity contribution in [1.29, 1.82) is 0 Å². The van der Waals surface area contributed by atoms with Gasteiger partial charge in [-0.2, -0.15) is 0 Å². The minimum atomic E-state index is -0.346. The standard InChI is InChI=1S/C19H22N2O3/c22-17(20-11-5-7-13-6-1-4-10-16(13)20)12-21-18(23)14-8-2-3-9-15(14)19(21)24/h2-3,8-9,13,16H,1,4-7,10-12H2/t13-,16+/m0/s1. The maximum absolute atomic E-state index is 12.8. The van der Waals surface area contributed by atoms with E-state index in [0.29, 0.717) is 23.1 Å². The highest BCUT2D eigenvalue weighted by Gasteiger charge is 2.40. The molecule has 24 heavy (non-hydrogen) atoms. The Hall–Kier alpha value is -2.17. The van der Waals surface area contributed by atoms with Crippen LogP contribution < -0.4 is 0 Å². The number of fused-ring (bicyclic) bond motifs is 2. The van der Waals surface area contributed by atoms with Crippen LogP contribution in [0.5, 0.6) is 0 Å². The predicted octanol–water partition coefficient (Wildman–Crippen LogP) is 2.46. The Morgan fingerprint density at radius 2 is 1.58 bits per heavy atom. The molecule has 2 fully saturated rings. The van der Waals surface area contributed by atoms with E-state index in [9.17, 15) is 14.4 Å². The number of nitrogens with zero attached hydrogens (tertiary/aromatic N) is 2. The SMILES string of the molecule is O=C1c2ccccc2C(=O)N1CC(=O)N1CCC[C@@H]2CCCC[C@H]21. The second kappa shape index (κ2) is 6.04. The van der Waals surface area contributed by atoms with E-state index in [2.05, 4.69) is 0 Å². The molecule has 5 nitrogen and oxygen atoms in total. The van der Waals surface area contributed by atoms with Crippen molar-refractivity contribution >= 4 is 17.7 Å². The third-order valence-electron chi connectivity index (χ3n) is 5.74. The molecule has 4 rings (SSSR count). The van der Waals surface area contributed by atoms with Crippen LogP contribution >= 0.6 is 0 Å². The molecule has 0 aromatic heterocycles. The Balaban J connectivity index is 1.50. The van der Waals surface area contributed by atoms with Crippen LogP contribution in [-0.4, -0.2) is 46.7 Å². The van der Waals surface area contributed by atoms with E-state index in [1.807, 2.05) is 4.90 Å². The molecule has 126 valence electrons. The van der Waals surface area contributed by atoms with Gasteiger partial charge in [0.1, 0.15) is 6.54 Å². The lowest BCUT2D eigenvalue weighted by atomic mass is 9.78. The van der Waals surface area contributed by atoms with Gasteiger partial charge in [-0.25, -0.2) is 0 Å². The van der Waals surface area contributed by atoms with Crippen molar-refractivity contribution in [3.8, 4) is 0 Å². The second-order valence-corrected chi connectivity index (χ2v) is 7.08. The molecule has 1 aromatic rings. The minimum absolute atomic E-state index is 0.0823. The summed E-state index contributed by atoms with van der Waals surface area (Å²) in [5.74, 6) is -0.179. The van der Waals surface area contributed by atoms with Crippen molar-refractivity contribution in [2.24, 2.45) is 5.92 Å². The third kappa shape index (κ3) is 2.43. The van der Waals surface area contributed by atoms with Crippen LogP contribution in [0.15, 0.2) is 24.3 Å². The largest absolute Gasteiger partial charge is 0.338 e. The molecule has 3 aliphatic rings. The van der Waals surface area contributed by atoms with E-state index in [1.165, 1.54) is 19.3 Å². The Morgan fingerprint density at radius 1 is 0.958 bits per heavy atom. The van der Waals surface area contributed by atoms with Crippen molar-refractivity contribution in [3.05, 3.63) is 35.4 Å². The number of imide groups is 1. The van der Waals surface area contributed by atoms with Gasteiger partial charge in [0.05, 0.1) is 11.1 Å². The summed E-state index contributed by atoms with van der Waals surface area (Å²) >= 11 is 0. The van der Waals surface area contributed by atoms with Gasteiger partial charge in [-0.1, -0.05) is 25.0 Å². The number of likely N-dealkylation sites (tertiary alicyclic amines) is 1. The highest BCUT2D eigenvalue weighted by atomic mass is 16.2. The first-order valence-corrected chi connectivity index (χ1v) is 8.91. The van der Waals surface area contributed by atoms with Gasteiger partial charge in [-0.3, -0.25) is 19.3 Å². The number of benzene rings is 1. The molecular formula is C19H22N2O3. The van der Waals surface area contributed by atoms with Crippen LogP contribution in [0.25, 0.3) is 0 Å². The summed E-state index contributed by atoms with van der Waals surface area (Å²) in [5, 5.41) is 0. The molecule has 0 bridgehead atoms. The van der Waals surface area contributed by atoms with Gasteiger partial charge < -0.3 is 4.90 Å². The fourth-order valence-electron chi connectivity index (χ4n) is 4.54. The molecule has 5 heteroatoms. The van der Waals surface area contributed by atoms with Gasteiger partial charge in [0.15, 0.2) is 0 Å². The number of piperidine rings is 1. The van der Waals surface area contributed by atoms with Crippen LogP contribution in [0.2, 0.25) is 0 Å². The second-order valence-electron chi connectivity index (χ2n) is 7.08. The maximum atomic E-state index is 12.8. The Labute approximate surface area is 141 Å². The Kier molecular flexibility index (Phi) is 3.87. The van der Waals surface area contributed by atoms with E-state index in [0.717, 1.165) is 30.7 Å². The van der Waals surface area contributed by atoms with Crippen LogP contribution in [0.4, 0.5) is 0 Å². The summed E-state index contributed by atoms with van der Waals surface area (Å²) in [7, 11) is 0. The zero-order valence-corrected chi connectivity index (χ0v) is 13.7. The number of rotatable bonds is 2. The number of carbonyl (C=O) groups is 3. The van der Waals surface area contributed by atoms with Gasteiger partial charge in [0, 0.05) is 12.6 Å². The van der Waals surface area contributed by atoms with Crippen LogP contribution in [0.1, 0.15) is 59.2 Å². The highest BCUT2D eigenvalue weighted by Crippen LogP contribution is 2.35. The molecule has 0 N–H and O–H groups in total. The molecule has 0 unspecified atom stereocenters. The lowest BCUT2D eigenvalue weighted by Gasteiger charge is -2.44. The first kappa shape index (κ1) is 15.4. The third-order valence-corrected chi connectivity index (χ3v) is 5.74. The number of amides is 3. The van der Waals surface area contributed by atoms with Gasteiger partial charge in [-0.15, -0.1) is 0 Å². The topological polar surface area (TPSA) is 57.7 Å². The summed E-state index contributed by atoms with van der Waals surface area (Å²) in [5.41, 5.74) is 0.814. The maximum Gasteiger partial charge on any atom is 0.262 e. The monoisotopic (exact) mass is 326 g/mol. The average molecular weight is 326 g/mol. The van der Waals surface area contributed by atoms with Gasteiger partial charge in [0.2, 0.25) is 5.91 Å². The molecule has 2 aliphatic heterocycles. The zero-order chi connectivity index (χ0) is 16.7. The summed E-state index contributed by atoms with van der Waals surface area (Å²) in [6, 6.07) is 7.09. The minimum Gasteiger partial charge on any atom is -0.338 e. The van der Waals surface area contributed by atoms with Crippen LogP contribution in [-0.2, 0) is 4.79 Å².